The summed E-state index contributed by atoms with van der Waals surface area (Å²) in [5, 5.41) is 12.7. The molecule has 2 rings (SSSR count). The van der Waals surface area contributed by atoms with Crippen LogP contribution in [-0.2, 0) is 0 Å². The molecule has 0 radical (unpaired) electrons. The predicted octanol–water partition coefficient (Wildman–Crippen LogP) is 1.51. The molecule has 1 aliphatic carbocycles. The Hall–Kier alpha value is -1.62. The minimum atomic E-state index is -0.461. The Balaban J connectivity index is 2.06. The van der Waals surface area contributed by atoms with Gasteiger partial charge in [-0.25, -0.2) is 4.98 Å². The molecule has 0 spiro atoms. The molecular formula is C14H20N2O3. The lowest BCUT2D eigenvalue weighted by Crippen LogP contribution is -2.45. The Morgan fingerprint density at radius 1 is 1.53 bits per heavy atom. The second-order valence-electron chi connectivity index (χ2n) is 4.71. The number of hydrogen-bond acceptors (Lipinski definition) is 4. The molecule has 104 valence electrons. The molecule has 1 aromatic heterocycles. The number of aliphatic hydroxyl groups is 1. The van der Waals surface area contributed by atoms with Crippen molar-refractivity contribution in [1.82, 2.24) is 10.3 Å². The van der Waals surface area contributed by atoms with Gasteiger partial charge in [0.15, 0.2) is 11.4 Å². The maximum absolute atomic E-state index is 12.2. The average Bonchev–Trinajstić information content (AvgIpc) is 2.42. The van der Waals surface area contributed by atoms with Crippen molar-refractivity contribution in [2.24, 2.45) is 0 Å². The van der Waals surface area contributed by atoms with E-state index >= 15 is 0 Å². The number of rotatable bonds is 4. The first kappa shape index (κ1) is 13.8. The Labute approximate surface area is 113 Å². The fourth-order valence-electron chi connectivity index (χ4n) is 2.35. The van der Waals surface area contributed by atoms with Crippen LogP contribution in [0, 0.1) is 0 Å². The van der Waals surface area contributed by atoms with Gasteiger partial charge in [-0.05, 0) is 31.9 Å². The summed E-state index contributed by atoms with van der Waals surface area (Å²) >= 11 is 0. The predicted molar refractivity (Wildman–Crippen MR) is 71.1 cm³/mol. The van der Waals surface area contributed by atoms with Crippen molar-refractivity contribution >= 4 is 5.91 Å². The van der Waals surface area contributed by atoms with E-state index in [4.69, 9.17) is 4.74 Å². The van der Waals surface area contributed by atoms with Crippen LogP contribution >= 0.6 is 0 Å². The molecule has 5 nitrogen and oxygen atoms in total. The van der Waals surface area contributed by atoms with Gasteiger partial charge in [0.1, 0.15) is 0 Å². The first-order valence-corrected chi connectivity index (χ1v) is 6.79. The number of carbonyl (C=O) groups excluding carboxylic acids is 1. The van der Waals surface area contributed by atoms with E-state index in [1.807, 2.05) is 6.92 Å². The molecule has 2 N–H and O–H groups in total. The second-order valence-corrected chi connectivity index (χ2v) is 4.71. The molecule has 0 saturated heterocycles. The molecule has 0 aromatic carbocycles. The van der Waals surface area contributed by atoms with Gasteiger partial charge in [-0.3, -0.25) is 4.79 Å². The molecule has 0 bridgehead atoms. The number of hydrogen-bond donors (Lipinski definition) is 2. The Bertz CT molecular complexity index is 436. The molecule has 2 unspecified atom stereocenters. The SMILES string of the molecule is CCOc1cccnc1C(=O)NC1CCCCC1O. The monoisotopic (exact) mass is 264 g/mol. The zero-order chi connectivity index (χ0) is 13.7. The number of nitrogens with one attached hydrogen (secondary N) is 1. The standard InChI is InChI=1S/C14H20N2O3/c1-2-19-12-8-5-9-15-13(12)14(18)16-10-6-3-4-7-11(10)17/h5,8-11,17H,2-4,6-7H2,1H3,(H,16,18). The number of aromatic nitrogens is 1. The van der Waals surface area contributed by atoms with Gasteiger partial charge >= 0.3 is 0 Å². The van der Waals surface area contributed by atoms with Crippen LogP contribution in [0.25, 0.3) is 0 Å². The van der Waals surface area contributed by atoms with Crippen molar-refractivity contribution in [3.8, 4) is 5.75 Å². The third-order valence-corrected chi connectivity index (χ3v) is 3.33. The summed E-state index contributed by atoms with van der Waals surface area (Å²) in [5.74, 6) is 0.197. The fraction of sp³-hybridized carbons (Fsp3) is 0.571. The lowest BCUT2D eigenvalue weighted by molar-refractivity contribution is 0.0711. The van der Waals surface area contributed by atoms with E-state index in [0.29, 0.717) is 12.4 Å². The smallest absolute Gasteiger partial charge is 0.274 e. The van der Waals surface area contributed by atoms with Crippen molar-refractivity contribution in [2.75, 3.05) is 6.61 Å². The van der Waals surface area contributed by atoms with Gasteiger partial charge in [-0.2, -0.15) is 0 Å². The van der Waals surface area contributed by atoms with Gasteiger partial charge in [-0.15, -0.1) is 0 Å². The van der Waals surface area contributed by atoms with Crippen molar-refractivity contribution in [2.45, 2.75) is 44.8 Å². The minimum absolute atomic E-state index is 0.183. The number of ether oxygens (including phenoxy) is 1. The topological polar surface area (TPSA) is 71.5 Å². The first-order valence-electron chi connectivity index (χ1n) is 6.79. The van der Waals surface area contributed by atoms with Crippen molar-refractivity contribution in [3.05, 3.63) is 24.0 Å². The maximum atomic E-state index is 12.2. The molecule has 5 heteroatoms. The lowest BCUT2D eigenvalue weighted by Gasteiger charge is -2.28. The third-order valence-electron chi connectivity index (χ3n) is 3.33. The van der Waals surface area contributed by atoms with E-state index in [2.05, 4.69) is 10.3 Å². The lowest BCUT2D eigenvalue weighted by atomic mass is 9.92. The van der Waals surface area contributed by atoms with E-state index in [1.165, 1.54) is 0 Å². The summed E-state index contributed by atoms with van der Waals surface area (Å²) in [6, 6.07) is 3.28. The van der Waals surface area contributed by atoms with Crippen LogP contribution in [0.3, 0.4) is 0 Å². The minimum Gasteiger partial charge on any atom is -0.491 e. The van der Waals surface area contributed by atoms with E-state index in [-0.39, 0.29) is 17.6 Å². The van der Waals surface area contributed by atoms with Crippen molar-refractivity contribution < 1.29 is 14.6 Å². The molecule has 1 amide bonds. The van der Waals surface area contributed by atoms with Crippen molar-refractivity contribution in [3.63, 3.8) is 0 Å². The zero-order valence-electron chi connectivity index (χ0n) is 11.1. The van der Waals surface area contributed by atoms with Crippen LogP contribution in [-0.4, -0.2) is 34.8 Å². The van der Waals surface area contributed by atoms with Gasteiger partial charge < -0.3 is 15.2 Å². The third kappa shape index (κ3) is 3.44. The van der Waals surface area contributed by atoms with Crippen LogP contribution < -0.4 is 10.1 Å². The van der Waals surface area contributed by atoms with Gasteiger partial charge in [0.05, 0.1) is 18.8 Å². The number of pyridine rings is 1. The van der Waals surface area contributed by atoms with Crippen LogP contribution in [0.4, 0.5) is 0 Å². The molecule has 1 aliphatic rings. The molecule has 19 heavy (non-hydrogen) atoms. The fourth-order valence-corrected chi connectivity index (χ4v) is 2.35. The number of amides is 1. The van der Waals surface area contributed by atoms with E-state index < -0.39 is 6.10 Å². The molecular weight excluding hydrogens is 244 g/mol. The number of carbonyl (C=O) groups is 1. The van der Waals surface area contributed by atoms with E-state index in [0.717, 1.165) is 25.7 Å². The van der Waals surface area contributed by atoms with Crippen LogP contribution in [0.2, 0.25) is 0 Å². The van der Waals surface area contributed by atoms with E-state index in [1.54, 1.807) is 18.3 Å². The molecule has 0 aliphatic heterocycles. The van der Waals surface area contributed by atoms with Crippen molar-refractivity contribution in [1.29, 1.82) is 0 Å². The van der Waals surface area contributed by atoms with Crippen LogP contribution in [0.5, 0.6) is 5.75 Å². The largest absolute Gasteiger partial charge is 0.491 e. The zero-order valence-corrected chi connectivity index (χ0v) is 11.1. The van der Waals surface area contributed by atoms with Gasteiger partial charge in [0, 0.05) is 6.20 Å². The highest BCUT2D eigenvalue weighted by atomic mass is 16.5. The average molecular weight is 264 g/mol. The highest BCUT2D eigenvalue weighted by Gasteiger charge is 2.26. The van der Waals surface area contributed by atoms with Crippen LogP contribution in [0.15, 0.2) is 18.3 Å². The van der Waals surface area contributed by atoms with Gasteiger partial charge in [0.25, 0.3) is 5.91 Å². The Morgan fingerprint density at radius 3 is 3.05 bits per heavy atom. The molecule has 1 aromatic rings. The first-order chi connectivity index (χ1) is 9.22. The molecule has 1 heterocycles. The number of nitrogens with zero attached hydrogens (tertiary/aromatic N) is 1. The molecule has 1 saturated carbocycles. The normalized spacial score (nSPS) is 22.8. The summed E-state index contributed by atoms with van der Waals surface area (Å²) in [4.78, 5) is 16.3. The summed E-state index contributed by atoms with van der Waals surface area (Å²) in [5.41, 5.74) is 0.280. The quantitative estimate of drug-likeness (QED) is 0.864. The molecule has 2 atom stereocenters. The maximum Gasteiger partial charge on any atom is 0.274 e. The Kier molecular flexibility index (Phi) is 4.74. The highest BCUT2D eigenvalue weighted by Crippen LogP contribution is 2.20. The Morgan fingerprint density at radius 2 is 2.32 bits per heavy atom. The second kappa shape index (κ2) is 6.52. The molecule has 1 fully saturated rings. The van der Waals surface area contributed by atoms with Gasteiger partial charge in [-0.1, -0.05) is 12.8 Å². The van der Waals surface area contributed by atoms with E-state index in [9.17, 15) is 9.90 Å². The van der Waals surface area contributed by atoms with Gasteiger partial charge in [0.2, 0.25) is 0 Å². The summed E-state index contributed by atoms with van der Waals surface area (Å²) in [6.45, 7) is 2.34. The summed E-state index contributed by atoms with van der Waals surface area (Å²) < 4.78 is 5.39. The highest BCUT2D eigenvalue weighted by molar-refractivity contribution is 5.95. The number of aliphatic hydroxyl groups excluding tert-OH is 1. The van der Waals surface area contributed by atoms with Crippen LogP contribution in [0.1, 0.15) is 43.1 Å². The summed E-state index contributed by atoms with van der Waals surface area (Å²) in [6.07, 6.45) is 4.70. The summed E-state index contributed by atoms with van der Waals surface area (Å²) in [7, 11) is 0.